The highest BCUT2D eigenvalue weighted by Gasteiger charge is 2.16. The van der Waals surface area contributed by atoms with Gasteiger partial charge in [-0.2, -0.15) is 4.98 Å². The summed E-state index contributed by atoms with van der Waals surface area (Å²) >= 11 is 0. The molecule has 0 aliphatic carbocycles. The van der Waals surface area contributed by atoms with Crippen LogP contribution in [0.1, 0.15) is 17.4 Å². The second-order valence-electron chi connectivity index (χ2n) is 3.52. The summed E-state index contributed by atoms with van der Waals surface area (Å²) in [5.74, 6) is 2.21. The van der Waals surface area contributed by atoms with E-state index < -0.39 is 0 Å². The zero-order valence-corrected chi connectivity index (χ0v) is 9.57. The van der Waals surface area contributed by atoms with E-state index in [1.165, 1.54) is 0 Å². The largest absolute Gasteiger partial charge is 0.436 e. The van der Waals surface area contributed by atoms with Crippen molar-refractivity contribution >= 4 is 0 Å². The van der Waals surface area contributed by atoms with Gasteiger partial charge in [0, 0.05) is 19.9 Å². The van der Waals surface area contributed by atoms with Gasteiger partial charge in [0.15, 0.2) is 11.7 Å². The Bertz CT molecular complexity index is 475. The number of hydrogen-bond acceptors (Lipinski definition) is 6. The molecule has 2 aromatic rings. The van der Waals surface area contributed by atoms with Crippen LogP contribution in [0.25, 0.3) is 11.7 Å². The molecule has 86 valence electrons. The van der Waals surface area contributed by atoms with Crippen LogP contribution in [0.3, 0.4) is 0 Å². The first-order valence-electron chi connectivity index (χ1n) is 5.12. The summed E-state index contributed by atoms with van der Waals surface area (Å²) < 4.78 is 10.5. The van der Waals surface area contributed by atoms with Crippen molar-refractivity contribution in [3.05, 3.63) is 17.4 Å². The van der Waals surface area contributed by atoms with Crippen LogP contribution in [-0.2, 0) is 6.42 Å². The monoisotopic (exact) mass is 222 g/mol. The molecule has 0 saturated heterocycles. The zero-order chi connectivity index (χ0) is 11.5. The van der Waals surface area contributed by atoms with Gasteiger partial charge in [-0.3, -0.25) is 0 Å². The van der Waals surface area contributed by atoms with E-state index in [0.29, 0.717) is 23.4 Å². The first-order valence-corrected chi connectivity index (χ1v) is 5.12. The number of hydrogen-bond donors (Lipinski definition) is 1. The molecule has 0 aliphatic heterocycles. The maximum absolute atomic E-state index is 5.40. The summed E-state index contributed by atoms with van der Waals surface area (Å²) in [5, 5.41) is 6.89. The van der Waals surface area contributed by atoms with Crippen LogP contribution >= 0.6 is 0 Å². The van der Waals surface area contributed by atoms with Gasteiger partial charge in [-0.15, -0.1) is 0 Å². The first kappa shape index (κ1) is 10.8. The number of likely N-dealkylation sites (N-methyl/N-ethyl adjacent to an activating group) is 1. The van der Waals surface area contributed by atoms with Gasteiger partial charge >= 0.3 is 0 Å². The molecule has 2 aromatic heterocycles. The standard InChI is InChI=1S/C10H14N4O2/c1-6-9(15-7(2)12-6)10-13-8(14-16-10)4-5-11-3/h11H,4-5H2,1-3H3. The van der Waals surface area contributed by atoms with E-state index in [-0.39, 0.29) is 0 Å². The van der Waals surface area contributed by atoms with Gasteiger partial charge in [-0.1, -0.05) is 5.16 Å². The number of aromatic nitrogens is 3. The van der Waals surface area contributed by atoms with Crippen LogP contribution in [0.15, 0.2) is 8.94 Å². The van der Waals surface area contributed by atoms with Crippen LogP contribution in [0.4, 0.5) is 0 Å². The Morgan fingerprint density at radius 2 is 2.06 bits per heavy atom. The van der Waals surface area contributed by atoms with Gasteiger partial charge in [-0.25, -0.2) is 4.98 Å². The minimum atomic E-state index is 0.393. The van der Waals surface area contributed by atoms with E-state index in [1.807, 2.05) is 14.0 Å². The molecule has 0 saturated carbocycles. The lowest BCUT2D eigenvalue weighted by molar-refractivity contribution is 0.405. The molecule has 1 N–H and O–H groups in total. The highest BCUT2D eigenvalue weighted by atomic mass is 16.5. The van der Waals surface area contributed by atoms with Crippen molar-refractivity contribution in [2.24, 2.45) is 0 Å². The SMILES string of the molecule is CNCCc1noc(-c2oc(C)nc2C)n1. The molecular formula is C10H14N4O2. The van der Waals surface area contributed by atoms with Crippen molar-refractivity contribution in [2.75, 3.05) is 13.6 Å². The molecule has 0 fully saturated rings. The second kappa shape index (κ2) is 4.44. The van der Waals surface area contributed by atoms with Gasteiger partial charge in [0.25, 0.3) is 5.89 Å². The third kappa shape index (κ3) is 2.11. The minimum absolute atomic E-state index is 0.393. The summed E-state index contributed by atoms with van der Waals surface area (Å²) in [4.78, 5) is 8.39. The number of nitrogens with zero attached hydrogens (tertiary/aromatic N) is 3. The Morgan fingerprint density at radius 1 is 1.25 bits per heavy atom. The highest BCUT2D eigenvalue weighted by Crippen LogP contribution is 2.22. The molecule has 0 amide bonds. The minimum Gasteiger partial charge on any atom is -0.436 e. The van der Waals surface area contributed by atoms with Gasteiger partial charge in [-0.05, 0) is 14.0 Å². The molecule has 0 atom stereocenters. The number of aryl methyl sites for hydroxylation is 2. The predicted octanol–water partition coefficient (Wildman–Crippen LogP) is 1.10. The van der Waals surface area contributed by atoms with Gasteiger partial charge in [0.2, 0.25) is 5.76 Å². The maximum atomic E-state index is 5.40. The summed E-state index contributed by atoms with van der Waals surface area (Å²) in [5.41, 5.74) is 0.765. The van der Waals surface area contributed by atoms with E-state index in [0.717, 1.165) is 18.7 Å². The van der Waals surface area contributed by atoms with Crippen molar-refractivity contribution < 1.29 is 8.94 Å². The average Bonchev–Trinajstić information content (AvgIpc) is 2.82. The summed E-state index contributed by atoms with van der Waals surface area (Å²) in [6.45, 7) is 4.45. The van der Waals surface area contributed by atoms with Gasteiger partial charge in [0.1, 0.15) is 0 Å². The molecule has 2 heterocycles. The predicted molar refractivity (Wildman–Crippen MR) is 56.9 cm³/mol. The van der Waals surface area contributed by atoms with Crippen molar-refractivity contribution in [2.45, 2.75) is 20.3 Å². The van der Waals surface area contributed by atoms with Gasteiger partial charge < -0.3 is 14.3 Å². The average molecular weight is 222 g/mol. The normalized spacial score (nSPS) is 10.9. The molecular weight excluding hydrogens is 208 g/mol. The maximum Gasteiger partial charge on any atom is 0.295 e. The second-order valence-corrected chi connectivity index (χ2v) is 3.52. The summed E-state index contributed by atoms with van der Waals surface area (Å²) in [7, 11) is 1.88. The van der Waals surface area contributed by atoms with Crippen LogP contribution in [0.2, 0.25) is 0 Å². The Morgan fingerprint density at radius 3 is 2.69 bits per heavy atom. The van der Waals surface area contributed by atoms with E-state index in [9.17, 15) is 0 Å². The molecule has 16 heavy (non-hydrogen) atoms. The molecule has 0 unspecified atom stereocenters. The molecule has 0 radical (unpaired) electrons. The van der Waals surface area contributed by atoms with Crippen molar-refractivity contribution in [1.82, 2.24) is 20.4 Å². The first-order chi connectivity index (χ1) is 7.70. The van der Waals surface area contributed by atoms with E-state index in [1.54, 1.807) is 6.92 Å². The smallest absolute Gasteiger partial charge is 0.295 e. The van der Waals surface area contributed by atoms with Crippen LogP contribution < -0.4 is 5.32 Å². The Balaban J connectivity index is 2.21. The van der Waals surface area contributed by atoms with E-state index in [4.69, 9.17) is 8.94 Å². The van der Waals surface area contributed by atoms with Crippen molar-refractivity contribution in [3.8, 4) is 11.7 Å². The fraction of sp³-hybridized carbons (Fsp3) is 0.500. The fourth-order valence-electron chi connectivity index (χ4n) is 1.41. The van der Waals surface area contributed by atoms with Crippen LogP contribution in [0, 0.1) is 13.8 Å². The quantitative estimate of drug-likeness (QED) is 0.834. The molecule has 6 heteroatoms. The summed E-state index contributed by atoms with van der Waals surface area (Å²) in [6, 6.07) is 0. The molecule has 2 rings (SSSR count). The topological polar surface area (TPSA) is 77.0 Å². The Hall–Kier alpha value is -1.69. The third-order valence-electron chi connectivity index (χ3n) is 2.16. The molecule has 6 nitrogen and oxygen atoms in total. The van der Waals surface area contributed by atoms with E-state index in [2.05, 4.69) is 20.4 Å². The molecule has 0 spiro atoms. The van der Waals surface area contributed by atoms with Crippen LogP contribution in [-0.4, -0.2) is 28.7 Å². The lowest BCUT2D eigenvalue weighted by atomic mass is 10.3. The van der Waals surface area contributed by atoms with E-state index >= 15 is 0 Å². The lowest BCUT2D eigenvalue weighted by Crippen LogP contribution is -2.10. The van der Waals surface area contributed by atoms with Crippen molar-refractivity contribution in [3.63, 3.8) is 0 Å². The summed E-state index contributed by atoms with van der Waals surface area (Å²) in [6.07, 6.45) is 0.728. The Kier molecular flexibility index (Phi) is 3.00. The van der Waals surface area contributed by atoms with Crippen LogP contribution in [0.5, 0.6) is 0 Å². The molecule has 0 bridgehead atoms. The fourth-order valence-corrected chi connectivity index (χ4v) is 1.41. The lowest BCUT2D eigenvalue weighted by Gasteiger charge is -1.90. The number of oxazole rings is 1. The van der Waals surface area contributed by atoms with Gasteiger partial charge in [0.05, 0.1) is 5.69 Å². The zero-order valence-electron chi connectivity index (χ0n) is 9.57. The molecule has 0 aromatic carbocycles. The highest BCUT2D eigenvalue weighted by molar-refractivity contribution is 5.47. The third-order valence-corrected chi connectivity index (χ3v) is 2.16. The molecule has 0 aliphatic rings. The number of rotatable bonds is 4. The number of nitrogens with one attached hydrogen (secondary N) is 1. The Labute approximate surface area is 93.1 Å². The van der Waals surface area contributed by atoms with Crippen molar-refractivity contribution in [1.29, 1.82) is 0 Å².